The second kappa shape index (κ2) is 9.40. The molecule has 3 aromatic rings. The Morgan fingerprint density at radius 2 is 1.70 bits per heavy atom. The molecule has 1 fully saturated rings. The molecule has 0 aliphatic carbocycles. The Hall–Kier alpha value is -3.11. The minimum atomic E-state index is -3.96. The van der Waals surface area contributed by atoms with E-state index in [9.17, 15) is 18.5 Å². The van der Waals surface area contributed by atoms with E-state index in [1.165, 1.54) is 18.2 Å². The maximum absolute atomic E-state index is 12.6. The molecule has 0 amide bonds. The predicted molar refractivity (Wildman–Crippen MR) is 120 cm³/mol. The van der Waals surface area contributed by atoms with Crippen LogP contribution >= 0.6 is 0 Å². The van der Waals surface area contributed by atoms with Gasteiger partial charge in [0.25, 0.3) is 15.8 Å². The minimum Gasteiger partial charge on any atom is -0.343 e. The highest BCUT2D eigenvalue weighted by atomic mass is 32.2. The highest BCUT2D eigenvalue weighted by Crippen LogP contribution is 2.44. The maximum atomic E-state index is 12.6. The van der Waals surface area contributed by atoms with Crippen LogP contribution in [0.4, 0.5) is 5.69 Å². The van der Waals surface area contributed by atoms with E-state index >= 15 is 0 Å². The first-order chi connectivity index (χ1) is 15.8. The van der Waals surface area contributed by atoms with E-state index in [0.717, 1.165) is 5.56 Å². The van der Waals surface area contributed by atoms with Gasteiger partial charge in [0.2, 0.25) is 0 Å². The van der Waals surface area contributed by atoms with Gasteiger partial charge in [0.1, 0.15) is 6.10 Å². The highest BCUT2D eigenvalue weighted by Gasteiger charge is 2.45. The third-order valence-corrected chi connectivity index (χ3v) is 6.80. The molecule has 8 nitrogen and oxygen atoms in total. The Bertz CT molecular complexity index is 1230. The lowest BCUT2D eigenvalue weighted by atomic mass is 10.0. The molecule has 0 aromatic heterocycles. The summed E-state index contributed by atoms with van der Waals surface area (Å²) in [5.41, 5.74) is 1.94. The normalized spacial score (nSPS) is 20.6. The lowest BCUT2D eigenvalue weighted by Crippen LogP contribution is -2.29. The van der Waals surface area contributed by atoms with Gasteiger partial charge in [-0.3, -0.25) is 14.3 Å². The van der Waals surface area contributed by atoms with Crippen LogP contribution in [0, 0.1) is 17.0 Å². The summed E-state index contributed by atoms with van der Waals surface area (Å²) in [5, 5.41) is 11.5. The average Bonchev–Trinajstić information content (AvgIpc) is 3.25. The van der Waals surface area contributed by atoms with Crippen molar-refractivity contribution in [3.8, 4) is 0 Å². The first kappa shape index (κ1) is 23.1. The summed E-state index contributed by atoms with van der Waals surface area (Å²) in [4.78, 5) is 11.1. The molecule has 1 aliphatic heterocycles. The van der Waals surface area contributed by atoms with Crippen molar-refractivity contribution in [2.75, 3.05) is 13.2 Å². The molecule has 2 unspecified atom stereocenters. The Morgan fingerprint density at radius 1 is 1.03 bits per heavy atom. The SMILES string of the molecule is Cc1ccc(S(=O)(=O)OCCC2(c3ccccc3)OCC(c3ccccc3[N+](=O)[O-])O2)cc1. The zero-order valence-corrected chi connectivity index (χ0v) is 18.7. The van der Waals surface area contributed by atoms with Crippen molar-refractivity contribution >= 4 is 15.8 Å². The number of nitro benzene ring substituents is 1. The summed E-state index contributed by atoms with van der Waals surface area (Å²) >= 11 is 0. The number of nitrogens with zero attached hydrogens (tertiary/aromatic N) is 1. The van der Waals surface area contributed by atoms with Gasteiger partial charge in [0.15, 0.2) is 5.79 Å². The van der Waals surface area contributed by atoms with Gasteiger partial charge in [-0.1, -0.05) is 60.2 Å². The number of ether oxygens (including phenoxy) is 2. The van der Waals surface area contributed by atoms with Crippen molar-refractivity contribution in [3.63, 3.8) is 0 Å². The molecule has 0 spiro atoms. The van der Waals surface area contributed by atoms with E-state index in [4.69, 9.17) is 13.7 Å². The fourth-order valence-electron chi connectivity index (χ4n) is 3.77. The standard InChI is InChI=1S/C24H23NO7S/c1-18-11-13-20(14-12-18)33(28,29)31-16-15-24(19-7-3-2-4-8-19)30-17-23(32-24)21-9-5-6-10-22(21)25(26)27/h2-14,23H,15-17H2,1H3. The quantitative estimate of drug-likeness (QED) is 0.269. The van der Waals surface area contributed by atoms with E-state index in [1.54, 1.807) is 42.5 Å². The third kappa shape index (κ3) is 4.96. The number of para-hydroxylation sites is 1. The number of aryl methyl sites for hydroxylation is 1. The van der Waals surface area contributed by atoms with Crippen LogP contribution in [0.3, 0.4) is 0 Å². The van der Waals surface area contributed by atoms with Crippen molar-refractivity contribution in [1.29, 1.82) is 0 Å². The van der Waals surface area contributed by atoms with Crippen molar-refractivity contribution in [2.45, 2.75) is 30.1 Å². The van der Waals surface area contributed by atoms with E-state index < -0.39 is 26.9 Å². The van der Waals surface area contributed by atoms with Crippen LogP contribution in [0.25, 0.3) is 0 Å². The second-order valence-electron chi connectivity index (χ2n) is 7.69. The monoisotopic (exact) mass is 469 g/mol. The van der Waals surface area contributed by atoms with Crippen LogP contribution in [0.5, 0.6) is 0 Å². The molecule has 9 heteroatoms. The van der Waals surface area contributed by atoms with Gasteiger partial charge < -0.3 is 9.47 Å². The Kier molecular flexibility index (Phi) is 6.57. The molecule has 1 saturated heterocycles. The molecule has 0 bridgehead atoms. The number of rotatable bonds is 8. The van der Waals surface area contributed by atoms with Gasteiger partial charge in [0.05, 0.1) is 28.6 Å². The van der Waals surface area contributed by atoms with Crippen LogP contribution in [0.2, 0.25) is 0 Å². The summed E-state index contributed by atoms with van der Waals surface area (Å²) in [5.74, 6) is -1.31. The van der Waals surface area contributed by atoms with Crippen LogP contribution in [0.1, 0.15) is 29.2 Å². The average molecular weight is 470 g/mol. The van der Waals surface area contributed by atoms with E-state index in [0.29, 0.717) is 11.1 Å². The molecule has 33 heavy (non-hydrogen) atoms. The van der Waals surface area contributed by atoms with Crippen LogP contribution < -0.4 is 0 Å². The summed E-state index contributed by atoms with van der Waals surface area (Å²) in [7, 11) is -3.96. The first-order valence-corrected chi connectivity index (χ1v) is 11.8. The molecule has 0 saturated carbocycles. The smallest absolute Gasteiger partial charge is 0.296 e. The van der Waals surface area contributed by atoms with Gasteiger partial charge in [-0.2, -0.15) is 8.42 Å². The summed E-state index contributed by atoms with van der Waals surface area (Å²) in [6.45, 7) is 1.74. The lowest BCUT2D eigenvalue weighted by molar-refractivity contribution is -0.386. The van der Waals surface area contributed by atoms with Crippen LogP contribution in [-0.2, 0) is 29.6 Å². The zero-order chi connectivity index (χ0) is 23.5. The summed E-state index contributed by atoms with van der Waals surface area (Å²) < 4.78 is 42.7. The zero-order valence-electron chi connectivity index (χ0n) is 17.9. The summed E-state index contributed by atoms with van der Waals surface area (Å²) in [6, 6.07) is 21.8. The van der Waals surface area contributed by atoms with Gasteiger partial charge in [0, 0.05) is 18.1 Å². The predicted octanol–water partition coefficient (Wildman–Crippen LogP) is 4.64. The Balaban J connectivity index is 1.56. The second-order valence-corrected chi connectivity index (χ2v) is 9.31. The fraction of sp³-hybridized carbons (Fsp3) is 0.250. The van der Waals surface area contributed by atoms with Crippen LogP contribution in [-0.4, -0.2) is 26.6 Å². The highest BCUT2D eigenvalue weighted by molar-refractivity contribution is 7.86. The van der Waals surface area contributed by atoms with E-state index in [-0.39, 0.29) is 30.2 Å². The molecule has 4 rings (SSSR count). The van der Waals surface area contributed by atoms with Crippen LogP contribution in [0.15, 0.2) is 83.8 Å². The molecular formula is C24H23NO7S. The van der Waals surface area contributed by atoms with Crippen molar-refractivity contribution < 1.29 is 27.0 Å². The molecule has 2 atom stereocenters. The molecular weight excluding hydrogens is 446 g/mol. The Morgan fingerprint density at radius 3 is 2.39 bits per heavy atom. The van der Waals surface area contributed by atoms with E-state index in [2.05, 4.69) is 0 Å². The minimum absolute atomic E-state index is 0.0619. The maximum Gasteiger partial charge on any atom is 0.296 e. The number of hydrogen-bond donors (Lipinski definition) is 0. The van der Waals surface area contributed by atoms with Gasteiger partial charge in [-0.15, -0.1) is 0 Å². The van der Waals surface area contributed by atoms with Crippen molar-refractivity contribution in [3.05, 3.63) is 106 Å². The Labute approximate surface area is 192 Å². The summed E-state index contributed by atoms with van der Waals surface area (Å²) in [6.07, 6.45) is -0.625. The lowest BCUT2D eigenvalue weighted by Gasteiger charge is -2.28. The molecule has 1 aliphatic rings. The fourth-order valence-corrected chi connectivity index (χ4v) is 4.67. The number of nitro groups is 1. The molecule has 3 aromatic carbocycles. The van der Waals surface area contributed by atoms with Gasteiger partial charge >= 0.3 is 0 Å². The topological polar surface area (TPSA) is 105 Å². The van der Waals surface area contributed by atoms with E-state index in [1.807, 2.05) is 25.1 Å². The number of hydrogen-bond acceptors (Lipinski definition) is 7. The first-order valence-electron chi connectivity index (χ1n) is 10.4. The molecule has 0 radical (unpaired) electrons. The number of benzene rings is 3. The van der Waals surface area contributed by atoms with Crippen molar-refractivity contribution in [2.24, 2.45) is 0 Å². The third-order valence-electron chi connectivity index (χ3n) is 5.47. The molecule has 0 N–H and O–H groups in total. The molecule has 172 valence electrons. The van der Waals surface area contributed by atoms with Gasteiger partial charge in [-0.05, 0) is 25.1 Å². The largest absolute Gasteiger partial charge is 0.343 e. The molecule has 1 heterocycles. The van der Waals surface area contributed by atoms with Crippen molar-refractivity contribution in [1.82, 2.24) is 0 Å². The van der Waals surface area contributed by atoms with Gasteiger partial charge in [-0.25, -0.2) is 0 Å².